The zero-order chi connectivity index (χ0) is 16.3. The Kier molecular flexibility index (Phi) is 5.19. The smallest absolute Gasteiger partial charge is 0.405 e. The lowest BCUT2D eigenvalue weighted by Gasteiger charge is -2.39. The monoisotopic (exact) mass is 377 g/mol. The average molecular weight is 378 g/mol. The molecule has 2 rings (SSSR count). The van der Waals surface area contributed by atoms with Crippen LogP contribution in [0.2, 0.25) is 0 Å². The van der Waals surface area contributed by atoms with Crippen LogP contribution >= 0.6 is 15.9 Å². The summed E-state index contributed by atoms with van der Waals surface area (Å²) in [7, 11) is 1.97. The molecule has 1 unspecified atom stereocenters. The van der Waals surface area contributed by atoms with Crippen LogP contribution in [-0.2, 0) is 0 Å². The van der Waals surface area contributed by atoms with Crippen LogP contribution in [0.4, 0.5) is 18.9 Å². The van der Waals surface area contributed by atoms with Gasteiger partial charge in [-0.05, 0) is 41.2 Å². The topological polar surface area (TPSA) is 39.5 Å². The first-order valence-corrected chi connectivity index (χ1v) is 7.47. The van der Waals surface area contributed by atoms with Crippen LogP contribution in [-0.4, -0.2) is 44.0 Å². The number of halogens is 4. The molecule has 0 saturated carbocycles. The summed E-state index contributed by atoms with van der Waals surface area (Å²) in [5, 5.41) is 8.86. The molecule has 0 spiro atoms. The van der Waals surface area contributed by atoms with E-state index in [1.807, 2.05) is 7.05 Å². The summed E-state index contributed by atoms with van der Waals surface area (Å²) in [5.41, 5.74) is 0.803. The third-order valence-electron chi connectivity index (χ3n) is 3.61. The molecular weight excluding hydrogens is 363 g/mol. The van der Waals surface area contributed by atoms with Crippen molar-refractivity contribution in [3.05, 3.63) is 22.7 Å². The minimum atomic E-state index is -4.71. The van der Waals surface area contributed by atoms with E-state index in [1.165, 1.54) is 6.07 Å². The van der Waals surface area contributed by atoms with E-state index in [1.54, 1.807) is 12.1 Å². The minimum absolute atomic E-state index is 0.114. The zero-order valence-corrected chi connectivity index (χ0v) is 13.5. The van der Waals surface area contributed by atoms with Gasteiger partial charge in [0.1, 0.15) is 5.75 Å². The highest BCUT2D eigenvalue weighted by atomic mass is 79.9. The van der Waals surface area contributed by atoms with Gasteiger partial charge in [0.25, 0.3) is 0 Å². The second-order valence-electron chi connectivity index (χ2n) is 5.11. The fraction of sp³-hybridized carbons (Fsp3) is 0.500. The van der Waals surface area contributed by atoms with Gasteiger partial charge in [-0.25, -0.2) is 0 Å². The van der Waals surface area contributed by atoms with E-state index in [2.05, 4.69) is 36.5 Å². The minimum Gasteiger partial charge on any atom is -0.405 e. The van der Waals surface area contributed by atoms with Crippen LogP contribution in [0.1, 0.15) is 6.42 Å². The van der Waals surface area contributed by atoms with Gasteiger partial charge in [-0.15, -0.1) is 13.2 Å². The maximum Gasteiger partial charge on any atom is 0.573 e. The number of ether oxygens (including phenoxy) is 1. The summed E-state index contributed by atoms with van der Waals surface area (Å²) in [6.45, 7) is 2.21. The van der Waals surface area contributed by atoms with Crippen LogP contribution in [0.5, 0.6) is 5.75 Å². The van der Waals surface area contributed by atoms with Gasteiger partial charge in [0.2, 0.25) is 0 Å². The lowest BCUT2D eigenvalue weighted by atomic mass is 10.1. The number of hydrogen-bond acceptors (Lipinski definition) is 4. The summed E-state index contributed by atoms with van der Waals surface area (Å²) in [6, 6.07) is 6.78. The Balaban J connectivity index is 2.13. The van der Waals surface area contributed by atoms with Crippen LogP contribution in [0.15, 0.2) is 22.7 Å². The van der Waals surface area contributed by atoms with E-state index >= 15 is 0 Å². The molecule has 0 radical (unpaired) electrons. The molecule has 1 aliphatic heterocycles. The molecule has 22 heavy (non-hydrogen) atoms. The second kappa shape index (κ2) is 6.75. The molecule has 1 saturated heterocycles. The number of likely N-dealkylation sites (N-methyl/N-ethyl adjacent to an activating group) is 1. The standard InChI is InChI=1S/C14H15BrF3N3O/c1-20-6-7-21(9-11(20)4-5-19)10-2-3-13(12(15)8-10)22-14(16,17)18/h2-3,8,11H,4,6-7,9H2,1H3. The second-order valence-corrected chi connectivity index (χ2v) is 5.96. The normalized spacial score (nSPS) is 19.8. The molecule has 0 aromatic heterocycles. The zero-order valence-electron chi connectivity index (χ0n) is 11.9. The predicted octanol–water partition coefficient (Wildman–Crippen LogP) is 3.38. The number of piperazine rings is 1. The van der Waals surface area contributed by atoms with Crippen molar-refractivity contribution in [2.75, 3.05) is 31.6 Å². The van der Waals surface area contributed by atoms with Gasteiger partial charge in [0, 0.05) is 31.4 Å². The van der Waals surface area contributed by atoms with Crippen molar-refractivity contribution in [2.24, 2.45) is 0 Å². The molecule has 1 heterocycles. The van der Waals surface area contributed by atoms with Crippen molar-refractivity contribution in [1.29, 1.82) is 5.26 Å². The third-order valence-corrected chi connectivity index (χ3v) is 4.23. The van der Waals surface area contributed by atoms with E-state index in [4.69, 9.17) is 5.26 Å². The summed E-state index contributed by atoms with van der Waals surface area (Å²) in [4.78, 5) is 4.18. The number of rotatable bonds is 3. The molecule has 8 heteroatoms. The lowest BCUT2D eigenvalue weighted by molar-refractivity contribution is -0.274. The highest BCUT2D eigenvalue weighted by Gasteiger charge is 2.32. The summed E-state index contributed by atoms with van der Waals surface area (Å²) >= 11 is 3.11. The van der Waals surface area contributed by atoms with Crippen LogP contribution < -0.4 is 9.64 Å². The molecule has 1 atom stereocenters. The van der Waals surface area contributed by atoms with E-state index in [0.717, 1.165) is 18.8 Å². The van der Waals surface area contributed by atoms with Gasteiger partial charge in [-0.1, -0.05) is 0 Å². The molecule has 1 aromatic carbocycles. The van der Waals surface area contributed by atoms with Gasteiger partial charge in [0.15, 0.2) is 0 Å². The molecule has 1 aromatic rings. The van der Waals surface area contributed by atoms with Gasteiger partial charge in [-0.3, -0.25) is 4.90 Å². The van der Waals surface area contributed by atoms with Crippen molar-refractivity contribution < 1.29 is 17.9 Å². The number of anilines is 1. The Morgan fingerprint density at radius 2 is 2.14 bits per heavy atom. The van der Waals surface area contributed by atoms with Gasteiger partial charge < -0.3 is 9.64 Å². The van der Waals surface area contributed by atoms with Gasteiger partial charge >= 0.3 is 6.36 Å². The molecular formula is C14H15BrF3N3O. The fourth-order valence-electron chi connectivity index (χ4n) is 2.40. The Morgan fingerprint density at radius 3 is 2.73 bits per heavy atom. The van der Waals surface area contributed by atoms with E-state index in [-0.39, 0.29) is 16.3 Å². The number of nitriles is 1. The van der Waals surface area contributed by atoms with Crippen LogP contribution in [0, 0.1) is 11.3 Å². The quantitative estimate of drug-likeness (QED) is 0.809. The first-order chi connectivity index (χ1) is 10.3. The third kappa shape index (κ3) is 4.27. The van der Waals surface area contributed by atoms with Gasteiger partial charge in [-0.2, -0.15) is 5.26 Å². The lowest BCUT2D eigenvalue weighted by Crippen LogP contribution is -2.51. The first kappa shape index (κ1) is 16.9. The van der Waals surface area contributed by atoms with Crippen molar-refractivity contribution in [3.8, 4) is 11.8 Å². The highest BCUT2D eigenvalue weighted by Crippen LogP contribution is 2.34. The fourth-order valence-corrected chi connectivity index (χ4v) is 2.85. The van der Waals surface area contributed by atoms with E-state index < -0.39 is 6.36 Å². The molecule has 0 amide bonds. The summed E-state index contributed by atoms with van der Waals surface area (Å²) in [6.07, 6.45) is -4.29. The Hall–Kier alpha value is -1.46. The summed E-state index contributed by atoms with van der Waals surface area (Å²) in [5.74, 6) is -0.265. The van der Waals surface area contributed by atoms with Crippen molar-refractivity contribution in [1.82, 2.24) is 4.90 Å². The Bertz CT molecular complexity index is 573. The molecule has 0 N–H and O–H groups in total. The van der Waals surface area contributed by atoms with Crippen molar-refractivity contribution >= 4 is 21.6 Å². The molecule has 1 aliphatic rings. The maximum atomic E-state index is 12.3. The molecule has 120 valence electrons. The van der Waals surface area contributed by atoms with Crippen LogP contribution in [0.3, 0.4) is 0 Å². The van der Waals surface area contributed by atoms with Crippen molar-refractivity contribution in [3.63, 3.8) is 0 Å². The molecule has 4 nitrogen and oxygen atoms in total. The molecule has 0 aliphatic carbocycles. The predicted molar refractivity (Wildman–Crippen MR) is 79.7 cm³/mol. The summed E-state index contributed by atoms with van der Waals surface area (Å²) < 4.78 is 41.0. The highest BCUT2D eigenvalue weighted by molar-refractivity contribution is 9.10. The average Bonchev–Trinajstić information content (AvgIpc) is 2.42. The number of nitrogens with zero attached hydrogens (tertiary/aromatic N) is 3. The van der Waals surface area contributed by atoms with Crippen molar-refractivity contribution in [2.45, 2.75) is 18.8 Å². The Labute approximate surface area is 135 Å². The first-order valence-electron chi connectivity index (χ1n) is 6.67. The van der Waals surface area contributed by atoms with Gasteiger partial charge in [0.05, 0.1) is 17.0 Å². The van der Waals surface area contributed by atoms with E-state index in [0.29, 0.717) is 13.0 Å². The SMILES string of the molecule is CN1CCN(c2ccc(OC(F)(F)F)c(Br)c2)CC1CC#N. The number of benzene rings is 1. The molecule has 1 fully saturated rings. The number of hydrogen-bond donors (Lipinski definition) is 0. The largest absolute Gasteiger partial charge is 0.573 e. The van der Waals surface area contributed by atoms with Crippen LogP contribution in [0.25, 0.3) is 0 Å². The molecule has 0 bridgehead atoms. The Morgan fingerprint density at radius 1 is 1.41 bits per heavy atom. The number of alkyl halides is 3. The van der Waals surface area contributed by atoms with E-state index in [9.17, 15) is 13.2 Å². The maximum absolute atomic E-state index is 12.3.